The van der Waals surface area contributed by atoms with E-state index in [-0.39, 0.29) is 24.6 Å². The van der Waals surface area contributed by atoms with Crippen LogP contribution < -0.4 is 23.8 Å². The molecule has 0 unspecified atom stereocenters. The van der Waals surface area contributed by atoms with Crippen molar-refractivity contribution in [1.82, 2.24) is 5.32 Å². The summed E-state index contributed by atoms with van der Waals surface area (Å²) in [6.45, 7) is 2.23. The molecule has 1 heterocycles. The van der Waals surface area contributed by atoms with E-state index in [2.05, 4.69) is 5.32 Å². The van der Waals surface area contributed by atoms with Crippen LogP contribution in [0.5, 0.6) is 17.2 Å². The molecular weight excluding hydrogens is 456 g/mol. The van der Waals surface area contributed by atoms with Gasteiger partial charge < -0.3 is 19.5 Å². The van der Waals surface area contributed by atoms with Crippen LogP contribution in [0.3, 0.4) is 0 Å². The van der Waals surface area contributed by atoms with Crippen molar-refractivity contribution in [2.75, 3.05) is 31.1 Å². The Kier molecular flexibility index (Phi) is 6.93. The highest BCUT2D eigenvalue weighted by molar-refractivity contribution is 7.92. The van der Waals surface area contributed by atoms with Crippen LogP contribution in [0.25, 0.3) is 0 Å². The number of anilines is 1. The van der Waals surface area contributed by atoms with E-state index >= 15 is 0 Å². The van der Waals surface area contributed by atoms with Crippen molar-refractivity contribution in [3.63, 3.8) is 0 Å². The largest absolute Gasteiger partial charge is 0.497 e. The van der Waals surface area contributed by atoms with Gasteiger partial charge in [0.15, 0.2) is 6.10 Å². The zero-order valence-corrected chi connectivity index (χ0v) is 19.7. The number of benzene rings is 3. The van der Waals surface area contributed by atoms with Crippen LogP contribution in [0.1, 0.15) is 5.56 Å². The summed E-state index contributed by atoms with van der Waals surface area (Å²) in [6, 6.07) is 20.6. The molecule has 178 valence electrons. The molecule has 0 saturated carbocycles. The number of carbonyl (C=O) groups excluding carboxylic acids is 1. The van der Waals surface area contributed by atoms with Gasteiger partial charge in [-0.3, -0.25) is 9.10 Å². The minimum atomic E-state index is -3.95. The third kappa shape index (κ3) is 5.09. The van der Waals surface area contributed by atoms with E-state index in [1.165, 1.54) is 23.5 Å². The van der Waals surface area contributed by atoms with Crippen molar-refractivity contribution < 1.29 is 27.4 Å². The van der Waals surface area contributed by atoms with Crippen LogP contribution in [0, 0.1) is 6.92 Å². The van der Waals surface area contributed by atoms with Gasteiger partial charge in [-0.25, -0.2) is 8.42 Å². The number of nitrogens with one attached hydrogen (secondary N) is 1. The lowest BCUT2D eigenvalue weighted by molar-refractivity contribution is -0.127. The number of rotatable bonds is 8. The van der Waals surface area contributed by atoms with Crippen LogP contribution >= 0.6 is 0 Å². The Morgan fingerprint density at radius 1 is 1.06 bits per heavy atom. The SMILES string of the molecule is COc1ccc(S(=O)(=O)N2C[C@@H](C(=O)NCCOc3ccccc3)Oc3ccc(C)cc32)cc1. The fourth-order valence-electron chi connectivity index (χ4n) is 3.57. The molecule has 0 fully saturated rings. The zero-order chi connectivity index (χ0) is 24.1. The minimum absolute atomic E-state index is 0.0954. The van der Waals surface area contributed by atoms with Gasteiger partial charge in [0, 0.05) is 0 Å². The summed E-state index contributed by atoms with van der Waals surface area (Å²) in [4.78, 5) is 12.9. The molecule has 3 aromatic rings. The van der Waals surface area contributed by atoms with Crippen LogP contribution in [0.4, 0.5) is 5.69 Å². The average Bonchev–Trinajstić information content (AvgIpc) is 2.86. The summed E-state index contributed by atoms with van der Waals surface area (Å²) < 4.78 is 44.9. The molecular formula is C25H26N2O6S. The normalized spacial score (nSPS) is 15.1. The molecule has 0 saturated heterocycles. The summed E-state index contributed by atoms with van der Waals surface area (Å²) in [7, 11) is -2.44. The molecule has 1 aliphatic heterocycles. The maximum Gasteiger partial charge on any atom is 0.264 e. The second-order valence-corrected chi connectivity index (χ2v) is 9.60. The molecule has 0 radical (unpaired) electrons. The van der Waals surface area contributed by atoms with Gasteiger partial charge in [-0.15, -0.1) is 0 Å². The molecule has 1 amide bonds. The molecule has 0 bridgehead atoms. The van der Waals surface area contributed by atoms with Gasteiger partial charge in [0.1, 0.15) is 23.9 Å². The van der Waals surface area contributed by atoms with Gasteiger partial charge >= 0.3 is 0 Å². The second kappa shape index (κ2) is 10.0. The topological polar surface area (TPSA) is 94.2 Å². The molecule has 0 spiro atoms. The van der Waals surface area contributed by atoms with E-state index in [9.17, 15) is 13.2 Å². The number of hydrogen-bond acceptors (Lipinski definition) is 6. The second-order valence-electron chi connectivity index (χ2n) is 7.74. The highest BCUT2D eigenvalue weighted by atomic mass is 32.2. The van der Waals surface area contributed by atoms with E-state index in [1.54, 1.807) is 24.3 Å². The lowest BCUT2D eigenvalue weighted by Crippen LogP contribution is -2.51. The van der Waals surface area contributed by atoms with Crippen molar-refractivity contribution in [2.45, 2.75) is 17.9 Å². The van der Waals surface area contributed by atoms with Gasteiger partial charge in [0.05, 0.1) is 30.8 Å². The molecule has 3 aromatic carbocycles. The number of para-hydroxylation sites is 1. The Morgan fingerprint density at radius 3 is 2.50 bits per heavy atom. The number of aryl methyl sites for hydroxylation is 1. The van der Waals surface area contributed by atoms with Crippen LogP contribution in [-0.4, -0.2) is 47.2 Å². The summed E-state index contributed by atoms with van der Waals surface area (Å²) >= 11 is 0. The Labute approximate surface area is 199 Å². The van der Waals surface area contributed by atoms with Crippen LogP contribution in [0.2, 0.25) is 0 Å². The first-order valence-corrected chi connectivity index (χ1v) is 12.2. The Hall–Kier alpha value is -3.72. The van der Waals surface area contributed by atoms with Crippen molar-refractivity contribution >= 4 is 21.6 Å². The van der Waals surface area contributed by atoms with E-state index < -0.39 is 22.0 Å². The van der Waals surface area contributed by atoms with Gasteiger partial charge in [-0.1, -0.05) is 24.3 Å². The summed E-state index contributed by atoms with van der Waals surface area (Å²) in [5.41, 5.74) is 1.27. The quantitative estimate of drug-likeness (QED) is 0.496. The predicted octanol–water partition coefficient (Wildman–Crippen LogP) is 3.16. The van der Waals surface area contributed by atoms with Gasteiger partial charge in [0.25, 0.3) is 15.9 Å². The monoisotopic (exact) mass is 482 g/mol. The van der Waals surface area contributed by atoms with Crippen LogP contribution in [0.15, 0.2) is 77.7 Å². The summed E-state index contributed by atoms with van der Waals surface area (Å²) in [5, 5.41) is 2.76. The smallest absolute Gasteiger partial charge is 0.264 e. The van der Waals surface area contributed by atoms with Crippen molar-refractivity contribution in [3.8, 4) is 17.2 Å². The highest BCUT2D eigenvalue weighted by Gasteiger charge is 2.37. The third-order valence-corrected chi connectivity index (χ3v) is 7.13. The maximum atomic E-state index is 13.5. The van der Waals surface area contributed by atoms with Crippen molar-refractivity contribution in [1.29, 1.82) is 0 Å². The molecule has 1 N–H and O–H groups in total. The molecule has 1 atom stereocenters. The lowest BCUT2D eigenvalue weighted by Gasteiger charge is -2.35. The molecule has 1 aliphatic rings. The van der Waals surface area contributed by atoms with Crippen molar-refractivity contribution in [2.24, 2.45) is 0 Å². The first kappa shape index (κ1) is 23.4. The van der Waals surface area contributed by atoms with E-state index in [0.717, 1.165) is 5.56 Å². The third-order valence-electron chi connectivity index (χ3n) is 5.34. The number of sulfonamides is 1. The molecule has 0 aromatic heterocycles. The van der Waals surface area contributed by atoms with E-state index in [0.29, 0.717) is 22.9 Å². The van der Waals surface area contributed by atoms with Gasteiger partial charge in [-0.2, -0.15) is 0 Å². The lowest BCUT2D eigenvalue weighted by atomic mass is 10.1. The summed E-state index contributed by atoms with van der Waals surface area (Å²) in [6.07, 6.45) is -1.01. The number of amides is 1. The first-order valence-electron chi connectivity index (χ1n) is 10.8. The zero-order valence-electron chi connectivity index (χ0n) is 18.9. The van der Waals surface area contributed by atoms with Crippen molar-refractivity contribution in [3.05, 3.63) is 78.4 Å². The van der Waals surface area contributed by atoms with Gasteiger partial charge in [-0.05, 0) is 61.0 Å². The average molecular weight is 483 g/mol. The number of methoxy groups -OCH3 is 1. The molecule has 0 aliphatic carbocycles. The Bertz CT molecular complexity index is 1250. The first-order chi connectivity index (χ1) is 16.4. The standard InChI is InChI=1S/C25H26N2O6S/c1-18-8-13-23-22(16-18)27(34(29,30)21-11-9-19(31-2)10-12-21)17-24(33-23)25(28)26-14-15-32-20-6-4-3-5-7-20/h3-13,16,24H,14-15,17H2,1-2H3,(H,26,28)/t24-/m0/s1. The number of fused-ring (bicyclic) bond motifs is 1. The van der Waals surface area contributed by atoms with Crippen LogP contribution in [-0.2, 0) is 14.8 Å². The molecule has 34 heavy (non-hydrogen) atoms. The van der Waals surface area contributed by atoms with E-state index in [1.807, 2.05) is 43.3 Å². The number of nitrogens with zero attached hydrogens (tertiary/aromatic N) is 1. The molecule has 9 heteroatoms. The molecule has 4 rings (SSSR count). The molecule has 8 nitrogen and oxygen atoms in total. The highest BCUT2D eigenvalue weighted by Crippen LogP contribution is 2.38. The van der Waals surface area contributed by atoms with E-state index in [4.69, 9.17) is 14.2 Å². The number of ether oxygens (including phenoxy) is 3. The summed E-state index contributed by atoms with van der Waals surface area (Å²) in [5.74, 6) is 1.16. The number of hydrogen-bond donors (Lipinski definition) is 1. The Balaban J connectivity index is 1.51. The Morgan fingerprint density at radius 2 is 1.79 bits per heavy atom. The fourth-order valence-corrected chi connectivity index (χ4v) is 5.04. The fraction of sp³-hybridized carbons (Fsp3) is 0.240. The number of carbonyl (C=O) groups is 1. The minimum Gasteiger partial charge on any atom is -0.497 e. The predicted molar refractivity (Wildman–Crippen MR) is 128 cm³/mol. The van der Waals surface area contributed by atoms with Gasteiger partial charge in [0.2, 0.25) is 0 Å². The maximum absolute atomic E-state index is 13.5.